The zero-order valence-electron chi connectivity index (χ0n) is 12.7. The molecule has 0 aromatic carbocycles. The van der Waals surface area contributed by atoms with Gasteiger partial charge in [-0.1, -0.05) is 12.1 Å². The molecular weight excluding hydrogens is 268 g/mol. The summed E-state index contributed by atoms with van der Waals surface area (Å²) in [6.07, 6.45) is 5.51. The van der Waals surface area contributed by atoms with E-state index in [4.69, 9.17) is 8.94 Å². The van der Waals surface area contributed by atoms with Crippen molar-refractivity contribution in [2.75, 3.05) is 20.1 Å². The van der Waals surface area contributed by atoms with Crippen LogP contribution in [0, 0.1) is 0 Å². The number of likely N-dealkylation sites (tertiary alicyclic amines) is 1. The summed E-state index contributed by atoms with van der Waals surface area (Å²) in [5.74, 6) is 1.77. The van der Waals surface area contributed by atoms with Crippen LogP contribution in [0.3, 0.4) is 0 Å². The summed E-state index contributed by atoms with van der Waals surface area (Å²) in [6, 6.07) is 2.46. The molecule has 1 fully saturated rings. The monoisotopic (exact) mass is 290 g/mol. The Morgan fingerprint density at radius 2 is 2.38 bits per heavy atom. The van der Waals surface area contributed by atoms with Crippen molar-refractivity contribution < 1.29 is 8.94 Å². The van der Waals surface area contributed by atoms with E-state index in [0.717, 1.165) is 56.4 Å². The average Bonchev–Trinajstić information content (AvgIpc) is 3.20. The molecule has 2 aromatic heterocycles. The van der Waals surface area contributed by atoms with Gasteiger partial charge in [-0.2, -0.15) is 0 Å². The molecule has 0 aliphatic carbocycles. The second-order valence-corrected chi connectivity index (χ2v) is 5.66. The van der Waals surface area contributed by atoms with E-state index in [9.17, 15) is 0 Å². The van der Waals surface area contributed by atoms with Gasteiger partial charge in [0, 0.05) is 38.2 Å². The molecule has 0 amide bonds. The molecule has 1 aliphatic heterocycles. The van der Waals surface area contributed by atoms with Crippen LogP contribution in [-0.4, -0.2) is 46.1 Å². The van der Waals surface area contributed by atoms with Crippen molar-refractivity contribution in [1.82, 2.24) is 19.9 Å². The molecule has 1 saturated heterocycles. The number of aryl methyl sites for hydroxylation is 1. The van der Waals surface area contributed by atoms with Gasteiger partial charge in [-0.05, 0) is 13.5 Å². The first-order valence-corrected chi connectivity index (χ1v) is 7.50. The lowest BCUT2D eigenvalue weighted by Crippen LogP contribution is -2.34. The minimum absolute atomic E-state index is 0.536. The van der Waals surface area contributed by atoms with E-state index in [-0.39, 0.29) is 0 Å². The Balaban J connectivity index is 1.50. The highest BCUT2D eigenvalue weighted by molar-refractivity contribution is 4.97. The van der Waals surface area contributed by atoms with Gasteiger partial charge in [0.1, 0.15) is 12.0 Å². The molecular formula is C15H22N4O2. The third kappa shape index (κ3) is 3.51. The first-order chi connectivity index (χ1) is 10.2. The molecule has 6 heteroatoms. The van der Waals surface area contributed by atoms with E-state index in [0.29, 0.717) is 6.04 Å². The maximum absolute atomic E-state index is 5.69. The number of hydrogen-bond acceptors (Lipinski definition) is 6. The fourth-order valence-electron chi connectivity index (χ4n) is 2.79. The number of hydrogen-bond donors (Lipinski definition) is 0. The minimum Gasteiger partial charge on any atom is -0.444 e. The lowest BCUT2D eigenvalue weighted by atomic mass is 10.2. The molecule has 1 atom stereocenters. The van der Waals surface area contributed by atoms with Gasteiger partial charge < -0.3 is 8.94 Å². The topological polar surface area (TPSA) is 58.5 Å². The fraction of sp³-hybridized carbons (Fsp3) is 0.600. The SMILES string of the molecule is CCc1cnc(CN(C)C2CCN(Cc3ccon3)C2)o1. The van der Waals surface area contributed by atoms with E-state index in [2.05, 4.69) is 33.9 Å². The molecule has 0 N–H and O–H groups in total. The first-order valence-electron chi connectivity index (χ1n) is 7.50. The Hall–Kier alpha value is -1.66. The van der Waals surface area contributed by atoms with Gasteiger partial charge in [-0.25, -0.2) is 4.98 Å². The minimum atomic E-state index is 0.536. The van der Waals surface area contributed by atoms with Gasteiger partial charge in [0.25, 0.3) is 0 Å². The van der Waals surface area contributed by atoms with Crippen LogP contribution >= 0.6 is 0 Å². The second kappa shape index (κ2) is 6.41. The van der Waals surface area contributed by atoms with Crippen LogP contribution in [0.25, 0.3) is 0 Å². The zero-order chi connectivity index (χ0) is 14.7. The summed E-state index contributed by atoms with van der Waals surface area (Å²) in [6.45, 7) is 5.84. The Bertz CT molecular complexity index is 552. The number of aromatic nitrogens is 2. The highest BCUT2D eigenvalue weighted by Gasteiger charge is 2.26. The molecule has 0 bridgehead atoms. The van der Waals surface area contributed by atoms with E-state index in [1.807, 2.05) is 12.3 Å². The summed E-state index contributed by atoms with van der Waals surface area (Å²) in [4.78, 5) is 9.07. The van der Waals surface area contributed by atoms with Crippen molar-refractivity contribution >= 4 is 0 Å². The largest absolute Gasteiger partial charge is 0.444 e. The Labute approximate surface area is 124 Å². The van der Waals surface area contributed by atoms with Crippen molar-refractivity contribution in [2.24, 2.45) is 0 Å². The molecule has 3 heterocycles. The highest BCUT2D eigenvalue weighted by atomic mass is 16.5. The lowest BCUT2D eigenvalue weighted by Gasteiger charge is -2.23. The van der Waals surface area contributed by atoms with Gasteiger partial charge in [0.2, 0.25) is 5.89 Å². The van der Waals surface area contributed by atoms with Crippen LogP contribution in [0.4, 0.5) is 0 Å². The van der Waals surface area contributed by atoms with E-state index < -0.39 is 0 Å². The van der Waals surface area contributed by atoms with E-state index in [1.165, 1.54) is 0 Å². The number of nitrogens with zero attached hydrogens (tertiary/aromatic N) is 4. The number of rotatable bonds is 6. The molecule has 1 aliphatic rings. The van der Waals surface area contributed by atoms with Crippen molar-refractivity contribution in [2.45, 2.75) is 38.9 Å². The summed E-state index contributed by atoms with van der Waals surface area (Å²) in [7, 11) is 2.14. The van der Waals surface area contributed by atoms with E-state index >= 15 is 0 Å². The Morgan fingerprint density at radius 1 is 1.48 bits per heavy atom. The fourth-order valence-corrected chi connectivity index (χ4v) is 2.79. The summed E-state index contributed by atoms with van der Waals surface area (Å²) in [5, 5.41) is 3.97. The van der Waals surface area contributed by atoms with Crippen LogP contribution in [0.2, 0.25) is 0 Å². The summed E-state index contributed by atoms with van der Waals surface area (Å²) < 4.78 is 10.6. The molecule has 1 unspecified atom stereocenters. The predicted molar refractivity (Wildman–Crippen MR) is 77.5 cm³/mol. The van der Waals surface area contributed by atoms with Crippen LogP contribution in [0.1, 0.15) is 30.7 Å². The molecule has 21 heavy (non-hydrogen) atoms. The van der Waals surface area contributed by atoms with Gasteiger partial charge in [-0.15, -0.1) is 0 Å². The van der Waals surface area contributed by atoms with Crippen molar-refractivity contribution in [3.8, 4) is 0 Å². The van der Waals surface area contributed by atoms with Crippen molar-refractivity contribution in [3.05, 3.63) is 35.9 Å². The summed E-state index contributed by atoms with van der Waals surface area (Å²) in [5.41, 5.74) is 0.999. The van der Waals surface area contributed by atoms with Crippen LogP contribution in [0.5, 0.6) is 0 Å². The smallest absolute Gasteiger partial charge is 0.208 e. The molecule has 0 saturated carbocycles. The summed E-state index contributed by atoms with van der Waals surface area (Å²) >= 11 is 0. The van der Waals surface area contributed by atoms with Crippen LogP contribution in [0.15, 0.2) is 27.5 Å². The molecule has 0 radical (unpaired) electrons. The van der Waals surface area contributed by atoms with Crippen LogP contribution < -0.4 is 0 Å². The Morgan fingerprint density at radius 3 is 3.10 bits per heavy atom. The van der Waals surface area contributed by atoms with Crippen molar-refractivity contribution in [1.29, 1.82) is 0 Å². The third-order valence-electron chi connectivity index (χ3n) is 4.08. The molecule has 2 aromatic rings. The average molecular weight is 290 g/mol. The van der Waals surface area contributed by atoms with Crippen LogP contribution in [-0.2, 0) is 19.5 Å². The molecule has 3 rings (SSSR count). The highest BCUT2D eigenvalue weighted by Crippen LogP contribution is 2.18. The van der Waals surface area contributed by atoms with Gasteiger partial charge in [-0.3, -0.25) is 9.80 Å². The van der Waals surface area contributed by atoms with Crippen molar-refractivity contribution in [3.63, 3.8) is 0 Å². The van der Waals surface area contributed by atoms with Gasteiger partial charge >= 0.3 is 0 Å². The zero-order valence-corrected chi connectivity index (χ0v) is 12.7. The molecule has 114 valence electrons. The van der Waals surface area contributed by atoms with Gasteiger partial charge in [0.05, 0.1) is 18.4 Å². The van der Waals surface area contributed by atoms with E-state index in [1.54, 1.807) is 6.26 Å². The molecule has 6 nitrogen and oxygen atoms in total. The number of likely N-dealkylation sites (N-methyl/N-ethyl adjacent to an activating group) is 1. The molecule has 0 spiro atoms. The standard InChI is InChI=1S/C15H22N4O2/c1-3-14-8-16-15(21-14)11-18(2)13-4-6-19(10-13)9-12-5-7-20-17-12/h5,7-8,13H,3-4,6,9-11H2,1-2H3. The first kappa shape index (κ1) is 14.3. The lowest BCUT2D eigenvalue weighted by molar-refractivity contribution is 0.203. The second-order valence-electron chi connectivity index (χ2n) is 5.66. The predicted octanol–water partition coefficient (Wildman–Crippen LogP) is 1.93. The maximum atomic E-state index is 5.69. The van der Waals surface area contributed by atoms with Gasteiger partial charge in [0.15, 0.2) is 0 Å². The normalized spacial score (nSPS) is 19.7. The quantitative estimate of drug-likeness (QED) is 0.810. The maximum Gasteiger partial charge on any atom is 0.208 e. The third-order valence-corrected chi connectivity index (χ3v) is 4.08. The number of oxazole rings is 1. The Kier molecular flexibility index (Phi) is 4.36.